The second kappa shape index (κ2) is 10.7. The van der Waals surface area contributed by atoms with Gasteiger partial charge in [-0.3, -0.25) is 15.0 Å². The molecule has 2 N–H and O–H groups in total. The van der Waals surface area contributed by atoms with Gasteiger partial charge in [0.1, 0.15) is 30.3 Å². The molecule has 2 bridgehead atoms. The van der Waals surface area contributed by atoms with E-state index < -0.39 is 35.8 Å². The molecular formula is C25H30F3N7O5. The number of anilines is 3. The number of hydrogen-bond acceptors (Lipinski definition) is 9. The van der Waals surface area contributed by atoms with Gasteiger partial charge in [-0.1, -0.05) is 0 Å². The SMILES string of the molecule is CC(NC(=O)c1ncc2c(n1)N(C(=O)Nc1ccc(OC[C@@H]3COC(C)(C)O3)cn1)[C@H]1CCCN2C1)C(F)(F)F. The number of halogens is 3. The number of fused-ring (bicyclic) bond motifs is 4. The second-order valence-electron chi connectivity index (χ2n) is 10.3. The molecule has 0 radical (unpaired) electrons. The molecule has 0 spiro atoms. The van der Waals surface area contributed by atoms with Crippen molar-refractivity contribution < 1.29 is 37.0 Å². The van der Waals surface area contributed by atoms with Crippen molar-refractivity contribution in [2.45, 2.75) is 63.8 Å². The first kappa shape index (κ1) is 27.8. The summed E-state index contributed by atoms with van der Waals surface area (Å²) >= 11 is 0. The Bertz CT molecular complexity index is 1260. The van der Waals surface area contributed by atoms with Crippen molar-refractivity contribution in [3.63, 3.8) is 0 Å². The fraction of sp³-hybridized carbons (Fsp3) is 0.560. The van der Waals surface area contributed by atoms with E-state index in [0.29, 0.717) is 37.6 Å². The Kier molecular flexibility index (Phi) is 7.44. The van der Waals surface area contributed by atoms with Crippen LogP contribution < -0.4 is 25.2 Å². The number of piperidine rings is 1. The van der Waals surface area contributed by atoms with E-state index in [1.807, 2.05) is 24.1 Å². The highest BCUT2D eigenvalue weighted by molar-refractivity contribution is 6.04. The van der Waals surface area contributed by atoms with Gasteiger partial charge in [0.15, 0.2) is 11.6 Å². The zero-order valence-corrected chi connectivity index (χ0v) is 22.2. The number of pyridine rings is 1. The third kappa shape index (κ3) is 6.04. The third-order valence-corrected chi connectivity index (χ3v) is 6.82. The van der Waals surface area contributed by atoms with Gasteiger partial charge in [-0.2, -0.15) is 13.2 Å². The van der Waals surface area contributed by atoms with Crippen LogP contribution in [0.15, 0.2) is 24.5 Å². The van der Waals surface area contributed by atoms with Crippen LogP contribution in [0.4, 0.5) is 35.3 Å². The average molecular weight is 566 g/mol. The van der Waals surface area contributed by atoms with E-state index in [4.69, 9.17) is 14.2 Å². The van der Waals surface area contributed by atoms with E-state index in [9.17, 15) is 22.8 Å². The van der Waals surface area contributed by atoms with Crippen molar-refractivity contribution in [3.05, 3.63) is 30.4 Å². The summed E-state index contributed by atoms with van der Waals surface area (Å²) in [7, 11) is 0. The molecule has 0 aromatic carbocycles. The van der Waals surface area contributed by atoms with Crippen LogP contribution in [0.25, 0.3) is 0 Å². The maximum Gasteiger partial charge on any atom is 0.408 e. The quantitative estimate of drug-likeness (QED) is 0.543. The van der Waals surface area contributed by atoms with Crippen LogP contribution in [0, 0.1) is 0 Å². The molecule has 5 heterocycles. The van der Waals surface area contributed by atoms with Gasteiger partial charge in [0.25, 0.3) is 5.91 Å². The Balaban J connectivity index is 1.29. The Labute approximate surface area is 228 Å². The number of nitrogens with one attached hydrogen (secondary N) is 2. The number of amides is 3. The standard InChI is InChI=1S/C25H30F3N7O5/c1-14(25(26,27)28)31-22(36)20-30-10-18-21(33-20)35(15-5-4-8-34(18)11-15)23(37)32-19-7-6-16(9-29-19)38-12-17-13-39-24(2,3)40-17/h6-7,9-10,14-15,17H,4-5,8,11-13H2,1-3H3,(H,31,36)(H,29,32,37)/t14?,15-,17+/m0/s1. The van der Waals surface area contributed by atoms with Crippen molar-refractivity contribution in [1.82, 2.24) is 20.3 Å². The fourth-order valence-electron chi connectivity index (χ4n) is 4.78. The lowest BCUT2D eigenvalue weighted by molar-refractivity contribution is -0.149. The zero-order valence-electron chi connectivity index (χ0n) is 22.2. The molecule has 40 heavy (non-hydrogen) atoms. The highest BCUT2D eigenvalue weighted by Gasteiger charge is 2.41. The van der Waals surface area contributed by atoms with Crippen LogP contribution in [0.3, 0.4) is 0 Å². The second-order valence-corrected chi connectivity index (χ2v) is 10.3. The number of ether oxygens (including phenoxy) is 3. The van der Waals surface area contributed by atoms with Crippen LogP contribution in [0.1, 0.15) is 44.2 Å². The van der Waals surface area contributed by atoms with E-state index in [-0.39, 0.29) is 30.4 Å². The summed E-state index contributed by atoms with van der Waals surface area (Å²) in [4.78, 5) is 41.8. The van der Waals surface area contributed by atoms with E-state index in [1.54, 1.807) is 12.1 Å². The van der Waals surface area contributed by atoms with E-state index >= 15 is 0 Å². The van der Waals surface area contributed by atoms with Crippen molar-refractivity contribution >= 4 is 29.3 Å². The van der Waals surface area contributed by atoms with Gasteiger partial charge < -0.3 is 24.4 Å². The molecule has 2 saturated heterocycles. The molecule has 3 atom stereocenters. The summed E-state index contributed by atoms with van der Waals surface area (Å²) in [5.41, 5.74) is 0.518. The van der Waals surface area contributed by atoms with Crippen LogP contribution in [-0.4, -0.2) is 83.3 Å². The minimum absolute atomic E-state index is 0.148. The van der Waals surface area contributed by atoms with Crippen molar-refractivity contribution in [2.24, 2.45) is 0 Å². The van der Waals surface area contributed by atoms with Crippen LogP contribution >= 0.6 is 0 Å². The molecular weight excluding hydrogens is 535 g/mol. The first-order valence-electron chi connectivity index (χ1n) is 12.9. The number of hydrogen-bond donors (Lipinski definition) is 2. The number of nitrogens with zero attached hydrogens (tertiary/aromatic N) is 5. The monoisotopic (exact) mass is 565 g/mol. The first-order chi connectivity index (χ1) is 18.9. The summed E-state index contributed by atoms with van der Waals surface area (Å²) in [5, 5.41) is 4.60. The predicted molar refractivity (Wildman–Crippen MR) is 136 cm³/mol. The van der Waals surface area contributed by atoms with Gasteiger partial charge >= 0.3 is 12.2 Å². The molecule has 3 aliphatic heterocycles. The van der Waals surface area contributed by atoms with E-state index in [2.05, 4.69) is 20.3 Å². The number of alkyl halides is 3. The smallest absolute Gasteiger partial charge is 0.408 e. The molecule has 2 fully saturated rings. The molecule has 5 rings (SSSR count). The maximum absolute atomic E-state index is 13.5. The number of aromatic nitrogens is 3. The summed E-state index contributed by atoms with van der Waals surface area (Å²) < 4.78 is 55.8. The Hall–Kier alpha value is -3.72. The lowest BCUT2D eigenvalue weighted by Gasteiger charge is -2.45. The molecule has 0 aliphatic carbocycles. The maximum atomic E-state index is 13.5. The van der Waals surface area contributed by atoms with Gasteiger partial charge in [0.2, 0.25) is 5.82 Å². The Morgan fingerprint density at radius 1 is 1.25 bits per heavy atom. The summed E-state index contributed by atoms with van der Waals surface area (Å²) in [6, 6.07) is 0.343. The van der Waals surface area contributed by atoms with Gasteiger partial charge in [-0.15, -0.1) is 0 Å². The summed E-state index contributed by atoms with van der Waals surface area (Å²) in [5.74, 6) is -1.32. The van der Waals surface area contributed by atoms with Crippen LogP contribution in [0.5, 0.6) is 5.75 Å². The number of carbonyl (C=O) groups excluding carboxylic acids is 2. The van der Waals surface area contributed by atoms with Crippen molar-refractivity contribution in [2.75, 3.05) is 41.4 Å². The summed E-state index contributed by atoms with van der Waals surface area (Å²) in [6.07, 6.45) is -0.506. The van der Waals surface area contributed by atoms with Gasteiger partial charge in [-0.05, 0) is 45.7 Å². The molecule has 1 unspecified atom stereocenters. The number of rotatable bonds is 6. The predicted octanol–water partition coefficient (Wildman–Crippen LogP) is 3.10. The molecule has 3 amide bonds. The highest BCUT2D eigenvalue weighted by atomic mass is 19.4. The Morgan fingerprint density at radius 2 is 2.05 bits per heavy atom. The van der Waals surface area contributed by atoms with Gasteiger partial charge in [-0.25, -0.2) is 19.7 Å². The van der Waals surface area contributed by atoms with Gasteiger partial charge in [0.05, 0.1) is 30.7 Å². The normalized spacial score (nSPS) is 22.4. The molecule has 15 heteroatoms. The zero-order chi connectivity index (χ0) is 28.7. The average Bonchev–Trinajstić information content (AvgIpc) is 3.26. The largest absolute Gasteiger partial charge is 0.489 e. The molecule has 2 aromatic rings. The van der Waals surface area contributed by atoms with Crippen LogP contribution in [-0.2, 0) is 9.47 Å². The lowest BCUT2D eigenvalue weighted by atomic mass is 10.0. The first-order valence-corrected chi connectivity index (χ1v) is 12.9. The van der Waals surface area contributed by atoms with Gasteiger partial charge in [0, 0.05) is 13.1 Å². The van der Waals surface area contributed by atoms with E-state index in [1.165, 1.54) is 17.3 Å². The highest BCUT2D eigenvalue weighted by Crippen LogP contribution is 2.37. The molecule has 216 valence electrons. The molecule has 0 saturated carbocycles. The fourth-order valence-corrected chi connectivity index (χ4v) is 4.78. The number of carbonyl (C=O) groups is 2. The molecule has 12 nitrogen and oxygen atoms in total. The minimum Gasteiger partial charge on any atom is -0.489 e. The van der Waals surface area contributed by atoms with E-state index in [0.717, 1.165) is 13.3 Å². The molecule has 2 aromatic heterocycles. The summed E-state index contributed by atoms with van der Waals surface area (Å²) in [6.45, 7) is 6.41. The third-order valence-electron chi connectivity index (χ3n) is 6.82. The van der Waals surface area contributed by atoms with Crippen molar-refractivity contribution in [3.8, 4) is 5.75 Å². The van der Waals surface area contributed by atoms with Crippen LogP contribution in [0.2, 0.25) is 0 Å². The topological polar surface area (TPSA) is 131 Å². The number of urea groups is 1. The minimum atomic E-state index is -4.62. The Morgan fingerprint density at radius 3 is 2.73 bits per heavy atom. The van der Waals surface area contributed by atoms with Crippen molar-refractivity contribution in [1.29, 1.82) is 0 Å². The lowest BCUT2D eigenvalue weighted by Crippen LogP contribution is -2.56. The molecule has 3 aliphatic rings.